The van der Waals surface area contributed by atoms with E-state index in [0.29, 0.717) is 12.1 Å². The van der Waals surface area contributed by atoms with Gasteiger partial charge in [0.15, 0.2) is 0 Å². The third-order valence-corrected chi connectivity index (χ3v) is 2.54. The molecule has 0 spiro atoms. The van der Waals surface area contributed by atoms with Gasteiger partial charge in [0.25, 0.3) is 5.91 Å². The molecule has 0 aliphatic heterocycles. The highest BCUT2D eigenvalue weighted by molar-refractivity contribution is 5.95. The van der Waals surface area contributed by atoms with Crippen molar-refractivity contribution >= 4 is 11.7 Å². The molecule has 1 amide bonds. The van der Waals surface area contributed by atoms with Gasteiger partial charge in [-0.3, -0.25) is 4.79 Å². The van der Waals surface area contributed by atoms with Crippen LogP contribution in [-0.4, -0.2) is 24.5 Å². The second-order valence-corrected chi connectivity index (χ2v) is 5.58. The van der Waals surface area contributed by atoms with Crippen molar-refractivity contribution in [3.63, 3.8) is 0 Å². The lowest BCUT2D eigenvalue weighted by Crippen LogP contribution is -2.32. The number of nitrogens with zero attached hydrogens (tertiary/aromatic N) is 1. The zero-order chi connectivity index (χ0) is 13.8. The predicted octanol–water partition coefficient (Wildman–Crippen LogP) is 2.46. The molecule has 18 heavy (non-hydrogen) atoms. The smallest absolute Gasteiger partial charge is 0.251 e. The molecule has 0 bridgehead atoms. The number of aryl methyl sites for hydroxylation is 1. The van der Waals surface area contributed by atoms with E-state index < -0.39 is 0 Å². The van der Waals surface area contributed by atoms with Crippen LogP contribution in [0.4, 0.5) is 5.82 Å². The maximum Gasteiger partial charge on any atom is 0.251 e. The van der Waals surface area contributed by atoms with Crippen molar-refractivity contribution in [2.45, 2.75) is 34.1 Å². The molecule has 1 rings (SSSR count). The van der Waals surface area contributed by atoms with Gasteiger partial charge in [-0.1, -0.05) is 27.7 Å². The first-order valence-corrected chi connectivity index (χ1v) is 6.32. The molecule has 0 aromatic carbocycles. The van der Waals surface area contributed by atoms with Gasteiger partial charge in [0.1, 0.15) is 5.82 Å². The maximum atomic E-state index is 12.1. The molecule has 0 saturated heterocycles. The molecule has 0 fully saturated rings. The molecule has 1 aromatic heterocycles. The summed E-state index contributed by atoms with van der Waals surface area (Å²) in [6, 6.07) is 3.62. The summed E-state index contributed by atoms with van der Waals surface area (Å²) < 4.78 is 0. The quantitative estimate of drug-likeness (QED) is 0.862. The molecule has 0 unspecified atom stereocenters. The van der Waals surface area contributed by atoms with Crippen molar-refractivity contribution in [1.29, 1.82) is 0 Å². The van der Waals surface area contributed by atoms with Crippen molar-refractivity contribution in [2.75, 3.05) is 18.9 Å². The second kappa shape index (κ2) is 5.85. The summed E-state index contributed by atoms with van der Waals surface area (Å²) in [5, 5.41) is 5.93. The van der Waals surface area contributed by atoms with E-state index in [1.54, 1.807) is 13.1 Å². The van der Waals surface area contributed by atoms with E-state index in [9.17, 15) is 4.79 Å². The van der Waals surface area contributed by atoms with Crippen LogP contribution in [0.2, 0.25) is 0 Å². The SMILES string of the molecule is CCc1cc(C(=O)NCC(C)(C)C)cc(NC)n1. The van der Waals surface area contributed by atoms with Crippen LogP contribution in [0, 0.1) is 5.41 Å². The maximum absolute atomic E-state index is 12.1. The van der Waals surface area contributed by atoms with E-state index in [1.165, 1.54) is 0 Å². The molecule has 0 radical (unpaired) electrons. The zero-order valence-corrected chi connectivity index (χ0v) is 11.9. The van der Waals surface area contributed by atoms with Crippen LogP contribution >= 0.6 is 0 Å². The summed E-state index contributed by atoms with van der Waals surface area (Å²) in [5.41, 5.74) is 1.67. The number of anilines is 1. The summed E-state index contributed by atoms with van der Waals surface area (Å²) >= 11 is 0. The van der Waals surface area contributed by atoms with Crippen LogP contribution in [0.5, 0.6) is 0 Å². The molecule has 2 N–H and O–H groups in total. The molecule has 0 atom stereocenters. The topological polar surface area (TPSA) is 54.0 Å². The Kier molecular flexibility index (Phi) is 4.70. The van der Waals surface area contributed by atoms with Crippen LogP contribution in [0.3, 0.4) is 0 Å². The number of nitrogens with one attached hydrogen (secondary N) is 2. The molecule has 4 nitrogen and oxygen atoms in total. The Morgan fingerprint density at radius 1 is 1.33 bits per heavy atom. The average Bonchev–Trinajstić information content (AvgIpc) is 2.34. The molecule has 1 aromatic rings. The van der Waals surface area contributed by atoms with E-state index in [1.807, 2.05) is 13.0 Å². The van der Waals surface area contributed by atoms with Crippen LogP contribution in [-0.2, 0) is 6.42 Å². The summed E-state index contributed by atoms with van der Waals surface area (Å²) in [5.74, 6) is 0.689. The molecule has 1 heterocycles. The normalized spacial score (nSPS) is 11.2. The van der Waals surface area contributed by atoms with Gasteiger partial charge in [-0.25, -0.2) is 4.98 Å². The Morgan fingerprint density at radius 3 is 2.50 bits per heavy atom. The lowest BCUT2D eigenvalue weighted by atomic mass is 9.97. The minimum atomic E-state index is -0.0430. The molecule has 0 saturated carbocycles. The van der Waals surface area contributed by atoms with Crippen LogP contribution in [0.25, 0.3) is 0 Å². The lowest BCUT2D eigenvalue weighted by molar-refractivity contribution is 0.0939. The summed E-state index contributed by atoms with van der Waals surface area (Å²) in [6.07, 6.45) is 0.815. The molecule has 100 valence electrons. The van der Waals surface area contributed by atoms with Gasteiger partial charge in [-0.15, -0.1) is 0 Å². The first-order valence-electron chi connectivity index (χ1n) is 6.32. The second-order valence-electron chi connectivity index (χ2n) is 5.58. The van der Waals surface area contributed by atoms with Gasteiger partial charge in [0.05, 0.1) is 0 Å². The van der Waals surface area contributed by atoms with Gasteiger partial charge in [0, 0.05) is 24.8 Å². The fourth-order valence-corrected chi connectivity index (χ4v) is 1.48. The minimum Gasteiger partial charge on any atom is -0.373 e. The van der Waals surface area contributed by atoms with Crippen molar-refractivity contribution in [2.24, 2.45) is 5.41 Å². The first-order chi connectivity index (χ1) is 8.35. The zero-order valence-electron chi connectivity index (χ0n) is 11.9. The number of rotatable bonds is 4. The van der Waals surface area contributed by atoms with Crippen molar-refractivity contribution in [1.82, 2.24) is 10.3 Å². The van der Waals surface area contributed by atoms with Crippen molar-refractivity contribution in [3.8, 4) is 0 Å². The van der Waals surface area contributed by atoms with E-state index in [-0.39, 0.29) is 11.3 Å². The third-order valence-electron chi connectivity index (χ3n) is 2.54. The largest absolute Gasteiger partial charge is 0.373 e. The Hall–Kier alpha value is -1.58. The molecular weight excluding hydrogens is 226 g/mol. The number of carbonyl (C=O) groups excluding carboxylic acids is 1. The number of pyridine rings is 1. The van der Waals surface area contributed by atoms with Gasteiger partial charge in [0.2, 0.25) is 0 Å². The Bertz CT molecular complexity index is 399. The number of hydrogen-bond donors (Lipinski definition) is 2. The summed E-state index contributed by atoms with van der Waals surface area (Å²) in [7, 11) is 1.80. The predicted molar refractivity (Wildman–Crippen MR) is 74.9 cm³/mol. The Balaban J connectivity index is 2.84. The van der Waals surface area contributed by atoms with Crippen LogP contribution < -0.4 is 10.6 Å². The summed E-state index contributed by atoms with van der Waals surface area (Å²) in [6.45, 7) is 8.96. The monoisotopic (exact) mass is 249 g/mol. The lowest BCUT2D eigenvalue weighted by Gasteiger charge is -2.19. The van der Waals surface area contributed by atoms with Crippen molar-refractivity contribution < 1.29 is 4.79 Å². The van der Waals surface area contributed by atoms with Crippen LogP contribution in [0.15, 0.2) is 12.1 Å². The standard InChI is InChI=1S/C14H23N3O/c1-6-11-7-10(8-12(15-5)17-11)13(18)16-9-14(2,3)4/h7-8H,6,9H2,1-5H3,(H,15,17)(H,16,18). The minimum absolute atomic E-state index is 0.0430. The highest BCUT2D eigenvalue weighted by atomic mass is 16.1. The van der Waals surface area contributed by atoms with E-state index in [2.05, 4.69) is 36.4 Å². The fourth-order valence-electron chi connectivity index (χ4n) is 1.48. The number of hydrogen-bond acceptors (Lipinski definition) is 3. The molecule has 0 aliphatic carbocycles. The van der Waals surface area contributed by atoms with Gasteiger partial charge < -0.3 is 10.6 Å². The molecule has 0 aliphatic rings. The van der Waals surface area contributed by atoms with Gasteiger partial charge in [-0.2, -0.15) is 0 Å². The Morgan fingerprint density at radius 2 is 2.00 bits per heavy atom. The number of aromatic nitrogens is 1. The molecular formula is C14H23N3O. The van der Waals surface area contributed by atoms with Crippen molar-refractivity contribution in [3.05, 3.63) is 23.4 Å². The number of amides is 1. The highest BCUT2D eigenvalue weighted by Gasteiger charge is 2.14. The average molecular weight is 249 g/mol. The fraction of sp³-hybridized carbons (Fsp3) is 0.571. The first kappa shape index (κ1) is 14.5. The molecule has 4 heteroatoms. The Labute approximate surface area is 109 Å². The summed E-state index contributed by atoms with van der Waals surface area (Å²) in [4.78, 5) is 16.4. The van der Waals surface area contributed by atoms with Gasteiger partial charge >= 0.3 is 0 Å². The van der Waals surface area contributed by atoms with Gasteiger partial charge in [-0.05, 0) is 24.0 Å². The van der Waals surface area contributed by atoms with Crippen LogP contribution in [0.1, 0.15) is 43.7 Å². The third kappa shape index (κ3) is 4.35. The highest BCUT2D eigenvalue weighted by Crippen LogP contribution is 2.13. The number of carbonyl (C=O) groups is 1. The van der Waals surface area contributed by atoms with E-state index in [0.717, 1.165) is 17.9 Å². The van der Waals surface area contributed by atoms with E-state index >= 15 is 0 Å². The van der Waals surface area contributed by atoms with E-state index in [4.69, 9.17) is 0 Å².